The molecule has 0 saturated heterocycles. The Balaban J connectivity index is 2.39. The molecule has 1 N–H and O–H groups in total. The molecule has 1 saturated carbocycles. The van der Waals surface area contributed by atoms with E-state index in [9.17, 15) is 9.90 Å². The van der Waals surface area contributed by atoms with Crippen molar-refractivity contribution in [1.82, 2.24) is 0 Å². The lowest BCUT2D eigenvalue weighted by molar-refractivity contribution is -0.145. The van der Waals surface area contributed by atoms with Crippen LogP contribution in [0, 0.1) is 17.3 Å². The minimum atomic E-state index is -0.607. The molecule has 0 aromatic rings. The standard InChI is InChI=1S/C12H18O2/c1-8-4-3-5-9-6-7-10(11(13)14)12(8,9)2/h5,8,10H,3-4,6-7H2,1-2H3,(H,13,14)/t8-,10+,12+/m0/s1. The van der Waals surface area contributed by atoms with E-state index in [-0.39, 0.29) is 11.3 Å². The minimum absolute atomic E-state index is 0.0515. The third kappa shape index (κ3) is 1.13. The van der Waals surface area contributed by atoms with Gasteiger partial charge in [0.05, 0.1) is 5.92 Å². The smallest absolute Gasteiger partial charge is 0.307 e. The summed E-state index contributed by atoms with van der Waals surface area (Å²) in [7, 11) is 0. The molecule has 2 heteroatoms. The second-order valence-corrected chi connectivity index (χ2v) is 4.92. The van der Waals surface area contributed by atoms with Crippen molar-refractivity contribution in [3.63, 3.8) is 0 Å². The summed E-state index contributed by atoms with van der Waals surface area (Å²) in [5.74, 6) is -0.236. The van der Waals surface area contributed by atoms with E-state index in [4.69, 9.17) is 0 Å². The minimum Gasteiger partial charge on any atom is -0.481 e. The van der Waals surface area contributed by atoms with Crippen molar-refractivity contribution in [3.8, 4) is 0 Å². The van der Waals surface area contributed by atoms with Gasteiger partial charge < -0.3 is 5.11 Å². The number of hydrogen-bond donors (Lipinski definition) is 1. The maximum absolute atomic E-state index is 11.2. The fourth-order valence-electron chi connectivity index (χ4n) is 3.26. The maximum Gasteiger partial charge on any atom is 0.307 e. The van der Waals surface area contributed by atoms with Crippen molar-refractivity contribution >= 4 is 5.97 Å². The van der Waals surface area contributed by atoms with Crippen LogP contribution < -0.4 is 0 Å². The van der Waals surface area contributed by atoms with Crippen molar-refractivity contribution in [1.29, 1.82) is 0 Å². The Morgan fingerprint density at radius 1 is 1.57 bits per heavy atom. The first-order valence-electron chi connectivity index (χ1n) is 5.49. The third-order valence-corrected chi connectivity index (χ3v) is 4.43. The summed E-state index contributed by atoms with van der Waals surface area (Å²) in [6.07, 6.45) is 6.39. The van der Waals surface area contributed by atoms with Gasteiger partial charge in [0, 0.05) is 5.41 Å². The topological polar surface area (TPSA) is 37.3 Å². The van der Waals surface area contributed by atoms with Crippen LogP contribution in [-0.2, 0) is 4.79 Å². The first-order valence-corrected chi connectivity index (χ1v) is 5.49. The highest BCUT2D eigenvalue weighted by atomic mass is 16.4. The van der Waals surface area contributed by atoms with Gasteiger partial charge in [-0.1, -0.05) is 25.5 Å². The van der Waals surface area contributed by atoms with Crippen LogP contribution in [0.5, 0.6) is 0 Å². The average molecular weight is 194 g/mol. The number of carboxylic acid groups (broad SMARTS) is 1. The SMILES string of the molecule is C[C@H]1CCC=C2CC[C@H](C(=O)O)[C@@]21C. The lowest BCUT2D eigenvalue weighted by atomic mass is 9.64. The summed E-state index contributed by atoms with van der Waals surface area (Å²) < 4.78 is 0. The predicted molar refractivity (Wildman–Crippen MR) is 54.9 cm³/mol. The monoisotopic (exact) mass is 194 g/mol. The molecule has 0 aromatic carbocycles. The number of rotatable bonds is 1. The second kappa shape index (κ2) is 3.11. The predicted octanol–water partition coefficient (Wildman–Crippen LogP) is 2.84. The van der Waals surface area contributed by atoms with E-state index in [0.717, 1.165) is 25.7 Å². The molecule has 0 radical (unpaired) electrons. The maximum atomic E-state index is 11.2. The van der Waals surface area contributed by atoms with Gasteiger partial charge in [-0.05, 0) is 31.6 Å². The van der Waals surface area contributed by atoms with Gasteiger partial charge in [-0.3, -0.25) is 4.79 Å². The quantitative estimate of drug-likeness (QED) is 0.652. The van der Waals surface area contributed by atoms with Crippen molar-refractivity contribution in [2.75, 3.05) is 0 Å². The van der Waals surface area contributed by atoms with Crippen LogP contribution >= 0.6 is 0 Å². The molecule has 2 rings (SSSR count). The van der Waals surface area contributed by atoms with Crippen molar-refractivity contribution in [2.24, 2.45) is 17.3 Å². The van der Waals surface area contributed by atoms with E-state index >= 15 is 0 Å². The summed E-state index contributed by atoms with van der Waals surface area (Å²) in [4.78, 5) is 11.2. The van der Waals surface area contributed by atoms with Gasteiger partial charge in [-0.15, -0.1) is 0 Å². The van der Waals surface area contributed by atoms with Crippen LogP contribution in [0.3, 0.4) is 0 Å². The summed E-state index contributed by atoms with van der Waals surface area (Å²) in [6.45, 7) is 4.35. The number of fused-ring (bicyclic) bond motifs is 1. The number of allylic oxidation sites excluding steroid dienone is 2. The summed E-state index contributed by atoms with van der Waals surface area (Å²) in [5.41, 5.74) is 1.35. The first kappa shape index (κ1) is 9.75. The van der Waals surface area contributed by atoms with Crippen molar-refractivity contribution in [2.45, 2.75) is 39.5 Å². The Hall–Kier alpha value is -0.790. The average Bonchev–Trinajstić information content (AvgIpc) is 2.45. The zero-order valence-electron chi connectivity index (χ0n) is 8.92. The largest absolute Gasteiger partial charge is 0.481 e. The Morgan fingerprint density at radius 3 is 2.93 bits per heavy atom. The molecule has 0 spiro atoms. The van der Waals surface area contributed by atoms with Crippen LogP contribution in [0.1, 0.15) is 39.5 Å². The van der Waals surface area contributed by atoms with Crippen LogP contribution in [0.15, 0.2) is 11.6 Å². The Morgan fingerprint density at radius 2 is 2.29 bits per heavy atom. The molecule has 2 aliphatic rings. The molecule has 3 atom stereocenters. The summed E-state index contributed by atoms with van der Waals surface area (Å²) in [5, 5.41) is 9.21. The number of hydrogen-bond acceptors (Lipinski definition) is 1. The van der Waals surface area contributed by atoms with Crippen molar-refractivity contribution < 1.29 is 9.90 Å². The summed E-state index contributed by atoms with van der Waals surface area (Å²) in [6, 6.07) is 0. The zero-order chi connectivity index (χ0) is 10.3. The van der Waals surface area contributed by atoms with E-state index in [1.807, 2.05) is 0 Å². The molecule has 0 aliphatic heterocycles. The third-order valence-electron chi connectivity index (χ3n) is 4.43. The second-order valence-electron chi connectivity index (χ2n) is 4.92. The highest BCUT2D eigenvalue weighted by Crippen LogP contribution is 2.55. The highest BCUT2D eigenvalue weighted by molar-refractivity contribution is 5.73. The van der Waals surface area contributed by atoms with E-state index in [2.05, 4.69) is 19.9 Å². The van der Waals surface area contributed by atoms with E-state index < -0.39 is 5.97 Å². The molecule has 78 valence electrons. The van der Waals surface area contributed by atoms with Gasteiger partial charge in [-0.25, -0.2) is 0 Å². The van der Waals surface area contributed by atoms with Gasteiger partial charge in [0.2, 0.25) is 0 Å². The van der Waals surface area contributed by atoms with E-state index in [1.54, 1.807) is 0 Å². The number of carbonyl (C=O) groups is 1. The van der Waals surface area contributed by atoms with Crippen LogP contribution in [-0.4, -0.2) is 11.1 Å². The number of aliphatic carboxylic acids is 1. The van der Waals surface area contributed by atoms with Crippen LogP contribution in [0.4, 0.5) is 0 Å². The normalized spacial score (nSPS) is 41.7. The highest BCUT2D eigenvalue weighted by Gasteiger charge is 2.50. The van der Waals surface area contributed by atoms with Crippen LogP contribution in [0.25, 0.3) is 0 Å². The van der Waals surface area contributed by atoms with E-state index in [0.29, 0.717) is 5.92 Å². The molecule has 0 heterocycles. The molecule has 0 aromatic heterocycles. The first-order chi connectivity index (χ1) is 6.56. The molecular formula is C12H18O2. The van der Waals surface area contributed by atoms with Crippen molar-refractivity contribution in [3.05, 3.63) is 11.6 Å². The molecule has 2 aliphatic carbocycles. The van der Waals surface area contributed by atoms with Gasteiger partial charge in [-0.2, -0.15) is 0 Å². The molecule has 0 bridgehead atoms. The van der Waals surface area contributed by atoms with Gasteiger partial charge >= 0.3 is 5.97 Å². The summed E-state index contributed by atoms with van der Waals surface area (Å²) >= 11 is 0. The fraction of sp³-hybridized carbons (Fsp3) is 0.750. The fourth-order valence-corrected chi connectivity index (χ4v) is 3.26. The lowest BCUT2D eigenvalue weighted by Crippen LogP contribution is -2.37. The van der Waals surface area contributed by atoms with Gasteiger partial charge in [0.1, 0.15) is 0 Å². The number of carboxylic acids is 1. The zero-order valence-corrected chi connectivity index (χ0v) is 8.92. The lowest BCUT2D eigenvalue weighted by Gasteiger charge is -2.39. The Labute approximate surface area is 85.0 Å². The molecule has 0 amide bonds. The molecule has 2 nitrogen and oxygen atoms in total. The Kier molecular flexibility index (Phi) is 2.17. The molecule has 1 fully saturated rings. The Bertz CT molecular complexity index is 293. The van der Waals surface area contributed by atoms with Gasteiger partial charge in [0.15, 0.2) is 0 Å². The molecular weight excluding hydrogens is 176 g/mol. The van der Waals surface area contributed by atoms with Gasteiger partial charge in [0.25, 0.3) is 0 Å². The molecule has 0 unspecified atom stereocenters. The van der Waals surface area contributed by atoms with Crippen LogP contribution in [0.2, 0.25) is 0 Å². The molecule has 14 heavy (non-hydrogen) atoms. The van der Waals surface area contributed by atoms with E-state index in [1.165, 1.54) is 5.57 Å².